The number of amides is 1. The summed E-state index contributed by atoms with van der Waals surface area (Å²) in [5.74, 6) is 0.135. The lowest BCUT2D eigenvalue weighted by Crippen LogP contribution is -2.28. The van der Waals surface area contributed by atoms with Crippen LogP contribution in [0.25, 0.3) is 0 Å². The third-order valence-corrected chi connectivity index (χ3v) is 4.41. The van der Waals surface area contributed by atoms with Crippen molar-refractivity contribution in [3.8, 4) is 11.5 Å². The van der Waals surface area contributed by atoms with Crippen molar-refractivity contribution in [1.82, 2.24) is 4.31 Å². The van der Waals surface area contributed by atoms with Gasteiger partial charge < -0.3 is 14.2 Å². The van der Waals surface area contributed by atoms with Gasteiger partial charge in [0.15, 0.2) is 5.75 Å². The van der Waals surface area contributed by atoms with Crippen LogP contribution in [-0.2, 0) is 10.3 Å². The Kier molecular flexibility index (Phi) is 5.42. The highest BCUT2D eigenvalue weighted by Gasteiger charge is 2.20. The van der Waals surface area contributed by atoms with Gasteiger partial charge >= 0.3 is 10.3 Å². The lowest BCUT2D eigenvalue weighted by Gasteiger charge is -2.14. The number of methoxy groups -OCH3 is 1. The largest absolute Gasteiger partial charge is 0.497 e. The molecule has 2 rings (SSSR count). The molecule has 0 unspecified atom stereocenters. The van der Waals surface area contributed by atoms with E-state index in [4.69, 9.17) is 8.92 Å². The van der Waals surface area contributed by atoms with Gasteiger partial charge in [-0.3, -0.25) is 4.79 Å². The zero-order valence-corrected chi connectivity index (χ0v) is 14.3. The number of nitrogens with zero attached hydrogens (tertiary/aromatic N) is 1. The molecule has 2 aromatic carbocycles. The number of para-hydroxylation sites is 1. The van der Waals surface area contributed by atoms with Gasteiger partial charge in [0.05, 0.1) is 12.7 Å². The fraction of sp³-hybridized carbons (Fsp3) is 0.188. The average molecular weight is 350 g/mol. The molecule has 0 bridgehead atoms. The average Bonchev–Trinajstić information content (AvgIpc) is 2.55. The Morgan fingerprint density at radius 2 is 1.67 bits per heavy atom. The van der Waals surface area contributed by atoms with Crippen LogP contribution in [0.1, 0.15) is 10.4 Å². The van der Waals surface area contributed by atoms with Crippen molar-refractivity contribution in [2.24, 2.45) is 0 Å². The number of carbonyl (C=O) groups is 1. The highest BCUT2D eigenvalue weighted by molar-refractivity contribution is 7.84. The third kappa shape index (κ3) is 4.24. The number of ether oxygens (including phenoxy) is 1. The second-order valence-corrected chi connectivity index (χ2v) is 6.75. The normalized spacial score (nSPS) is 11.2. The van der Waals surface area contributed by atoms with Gasteiger partial charge in [-0.15, -0.1) is 0 Å². The number of benzene rings is 2. The van der Waals surface area contributed by atoms with Crippen LogP contribution in [0.2, 0.25) is 0 Å². The SMILES string of the molecule is COc1ccc(NC(=O)c2ccccc2OS(=O)(=O)N(C)C)cc1. The van der Waals surface area contributed by atoms with Crippen LogP contribution in [0.4, 0.5) is 5.69 Å². The molecule has 1 amide bonds. The van der Waals surface area contributed by atoms with Crippen molar-refractivity contribution < 1.29 is 22.1 Å². The predicted octanol–water partition coefficient (Wildman–Crippen LogP) is 2.13. The van der Waals surface area contributed by atoms with Gasteiger partial charge in [-0.25, -0.2) is 0 Å². The van der Waals surface area contributed by atoms with Crippen LogP contribution in [0.5, 0.6) is 11.5 Å². The van der Waals surface area contributed by atoms with Crippen LogP contribution >= 0.6 is 0 Å². The van der Waals surface area contributed by atoms with E-state index in [0.29, 0.717) is 11.4 Å². The lowest BCUT2D eigenvalue weighted by atomic mass is 10.2. The number of hydrogen-bond acceptors (Lipinski definition) is 5. The molecule has 0 spiro atoms. The minimum Gasteiger partial charge on any atom is -0.497 e. The molecule has 0 saturated carbocycles. The summed E-state index contributed by atoms with van der Waals surface area (Å²) >= 11 is 0. The van der Waals surface area contributed by atoms with Gasteiger partial charge in [-0.2, -0.15) is 12.7 Å². The summed E-state index contributed by atoms with van der Waals surface area (Å²) in [6.45, 7) is 0. The molecule has 2 aromatic rings. The van der Waals surface area contributed by atoms with Crippen molar-refractivity contribution in [2.75, 3.05) is 26.5 Å². The Morgan fingerprint density at radius 3 is 2.25 bits per heavy atom. The summed E-state index contributed by atoms with van der Waals surface area (Å²) in [5.41, 5.74) is 0.657. The van der Waals surface area contributed by atoms with Gasteiger partial charge in [-0.05, 0) is 36.4 Å². The highest BCUT2D eigenvalue weighted by atomic mass is 32.2. The minimum absolute atomic E-state index is 0.0442. The predicted molar refractivity (Wildman–Crippen MR) is 90.6 cm³/mol. The summed E-state index contributed by atoms with van der Waals surface area (Å²) in [5, 5.41) is 2.68. The van der Waals surface area contributed by atoms with Crippen molar-refractivity contribution in [3.05, 3.63) is 54.1 Å². The van der Waals surface area contributed by atoms with Crippen molar-refractivity contribution >= 4 is 21.9 Å². The van der Waals surface area contributed by atoms with E-state index in [-0.39, 0.29) is 11.3 Å². The molecule has 7 nitrogen and oxygen atoms in total. The first-order valence-corrected chi connectivity index (χ1v) is 8.36. The van der Waals surface area contributed by atoms with Crippen LogP contribution in [0.3, 0.4) is 0 Å². The Balaban J connectivity index is 2.23. The molecule has 0 radical (unpaired) electrons. The molecule has 0 aromatic heterocycles. The zero-order valence-electron chi connectivity index (χ0n) is 13.5. The van der Waals surface area contributed by atoms with E-state index in [9.17, 15) is 13.2 Å². The smallest absolute Gasteiger partial charge is 0.384 e. The van der Waals surface area contributed by atoms with E-state index >= 15 is 0 Å². The number of carbonyl (C=O) groups excluding carboxylic acids is 1. The lowest BCUT2D eigenvalue weighted by molar-refractivity contribution is 0.102. The first kappa shape index (κ1) is 17.8. The van der Waals surface area contributed by atoms with E-state index in [1.165, 1.54) is 26.2 Å². The van der Waals surface area contributed by atoms with E-state index in [2.05, 4.69) is 5.32 Å². The van der Waals surface area contributed by atoms with E-state index in [1.807, 2.05) is 0 Å². The van der Waals surface area contributed by atoms with Crippen LogP contribution in [0.15, 0.2) is 48.5 Å². The summed E-state index contributed by atoms with van der Waals surface area (Å²) in [4.78, 5) is 12.4. The van der Waals surface area contributed by atoms with E-state index in [1.54, 1.807) is 43.5 Å². The molecule has 24 heavy (non-hydrogen) atoms. The van der Waals surface area contributed by atoms with Crippen molar-refractivity contribution in [1.29, 1.82) is 0 Å². The Bertz CT molecular complexity index is 817. The van der Waals surface area contributed by atoms with Gasteiger partial charge in [0.2, 0.25) is 0 Å². The van der Waals surface area contributed by atoms with Gasteiger partial charge in [-0.1, -0.05) is 12.1 Å². The Morgan fingerprint density at radius 1 is 1.04 bits per heavy atom. The standard InChI is InChI=1S/C16H18N2O5S/c1-18(2)24(20,21)23-15-7-5-4-6-14(15)16(19)17-12-8-10-13(22-3)11-9-12/h4-11H,1-3H3,(H,17,19). The maximum absolute atomic E-state index is 12.4. The number of nitrogens with one attached hydrogen (secondary N) is 1. The fourth-order valence-corrected chi connectivity index (χ4v) is 2.31. The molecule has 8 heteroatoms. The molecule has 1 N–H and O–H groups in total. The molecular formula is C16H18N2O5S. The topological polar surface area (TPSA) is 84.9 Å². The van der Waals surface area contributed by atoms with E-state index in [0.717, 1.165) is 4.31 Å². The number of hydrogen-bond donors (Lipinski definition) is 1. The summed E-state index contributed by atoms with van der Waals surface area (Å²) in [6, 6.07) is 12.9. The molecule has 0 atom stereocenters. The number of anilines is 1. The quantitative estimate of drug-likeness (QED) is 0.863. The van der Waals surface area contributed by atoms with E-state index < -0.39 is 16.2 Å². The third-order valence-electron chi connectivity index (χ3n) is 3.12. The fourth-order valence-electron chi connectivity index (χ4n) is 1.79. The molecule has 0 aliphatic heterocycles. The Hall–Kier alpha value is -2.58. The molecule has 128 valence electrons. The van der Waals surface area contributed by atoms with Crippen LogP contribution in [0, 0.1) is 0 Å². The minimum atomic E-state index is -3.95. The first-order valence-electron chi connectivity index (χ1n) is 7.00. The van der Waals surface area contributed by atoms with Gasteiger partial charge in [0.1, 0.15) is 5.75 Å². The maximum Gasteiger partial charge on any atom is 0.384 e. The molecule has 0 aliphatic carbocycles. The Labute approximate surface area is 141 Å². The van der Waals surface area contributed by atoms with Crippen molar-refractivity contribution in [3.63, 3.8) is 0 Å². The molecule has 0 aliphatic rings. The summed E-state index contributed by atoms with van der Waals surface area (Å²) < 4.78 is 34.7. The second-order valence-electron chi connectivity index (χ2n) is 5.00. The molecule has 0 heterocycles. The summed E-state index contributed by atoms with van der Waals surface area (Å²) in [6.07, 6.45) is 0. The van der Waals surface area contributed by atoms with Crippen molar-refractivity contribution in [2.45, 2.75) is 0 Å². The highest BCUT2D eigenvalue weighted by Crippen LogP contribution is 2.22. The summed E-state index contributed by atoms with van der Waals surface area (Å²) in [7, 11) is 0.281. The van der Waals surface area contributed by atoms with Crippen LogP contribution in [-0.4, -0.2) is 39.8 Å². The molecule has 0 saturated heterocycles. The molecule has 0 fully saturated rings. The maximum atomic E-state index is 12.4. The monoisotopic (exact) mass is 350 g/mol. The second kappa shape index (κ2) is 7.33. The van der Waals surface area contributed by atoms with Crippen LogP contribution < -0.4 is 14.2 Å². The van der Waals surface area contributed by atoms with Gasteiger partial charge in [0, 0.05) is 19.8 Å². The first-order chi connectivity index (χ1) is 11.3. The number of rotatable bonds is 6. The molecular weight excluding hydrogens is 332 g/mol. The van der Waals surface area contributed by atoms with Gasteiger partial charge in [0.25, 0.3) is 5.91 Å². The zero-order chi connectivity index (χ0) is 17.7.